The van der Waals surface area contributed by atoms with Crippen LogP contribution in [0.2, 0.25) is 0 Å². The molecule has 1 unspecified atom stereocenters. The monoisotopic (exact) mass is 290 g/mol. The highest BCUT2D eigenvalue weighted by Crippen LogP contribution is 2.23. The summed E-state index contributed by atoms with van der Waals surface area (Å²) in [5, 5.41) is 0. The Hall–Kier alpha value is -1.49. The number of carbonyl (C=O) groups excluding carboxylic acids is 1. The van der Waals surface area contributed by atoms with Crippen LogP contribution in [0.4, 0.5) is 0 Å². The van der Waals surface area contributed by atoms with Gasteiger partial charge in [-0.1, -0.05) is 13.8 Å². The maximum Gasteiger partial charge on any atom is 0.257 e. The molecule has 5 heteroatoms. The van der Waals surface area contributed by atoms with E-state index < -0.39 is 0 Å². The first-order chi connectivity index (χ1) is 9.90. The minimum absolute atomic E-state index is 0.0572. The molecule has 1 aliphatic rings. The molecule has 116 valence electrons. The van der Waals surface area contributed by atoms with E-state index in [0.29, 0.717) is 17.3 Å². The highest BCUT2D eigenvalue weighted by molar-refractivity contribution is 5.95. The Bertz CT molecular complexity index is 505. The highest BCUT2D eigenvalue weighted by atomic mass is 16.2. The Balaban J connectivity index is 2.14. The summed E-state index contributed by atoms with van der Waals surface area (Å²) in [4.78, 5) is 23.3. The molecule has 1 amide bonds. The van der Waals surface area contributed by atoms with Crippen LogP contribution in [0.1, 0.15) is 61.4 Å². The Kier molecular flexibility index (Phi) is 4.93. The van der Waals surface area contributed by atoms with E-state index in [1.54, 1.807) is 6.20 Å². The Morgan fingerprint density at radius 1 is 1.33 bits per heavy atom. The molecular weight excluding hydrogens is 264 g/mol. The molecule has 1 aliphatic heterocycles. The van der Waals surface area contributed by atoms with Gasteiger partial charge in [0.05, 0.1) is 11.3 Å². The van der Waals surface area contributed by atoms with Crippen LogP contribution in [0.25, 0.3) is 0 Å². The van der Waals surface area contributed by atoms with Gasteiger partial charge in [-0.3, -0.25) is 4.79 Å². The zero-order valence-electron chi connectivity index (χ0n) is 13.5. The lowest BCUT2D eigenvalue weighted by molar-refractivity contribution is 0.0678. The first kappa shape index (κ1) is 15.9. The van der Waals surface area contributed by atoms with Gasteiger partial charge in [0.2, 0.25) is 0 Å². The number of rotatable bonds is 3. The Labute approximate surface area is 127 Å². The smallest absolute Gasteiger partial charge is 0.257 e. The molecule has 2 heterocycles. The van der Waals surface area contributed by atoms with Crippen molar-refractivity contribution in [1.82, 2.24) is 14.9 Å². The van der Waals surface area contributed by atoms with E-state index in [2.05, 4.69) is 23.8 Å². The van der Waals surface area contributed by atoms with Crippen molar-refractivity contribution in [2.24, 2.45) is 11.7 Å². The molecule has 21 heavy (non-hydrogen) atoms. The van der Waals surface area contributed by atoms with Crippen molar-refractivity contribution in [1.29, 1.82) is 0 Å². The second kappa shape index (κ2) is 6.52. The summed E-state index contributed by atoms with van der Waals surface area (Å²) in [5.74, 6) is 1.51. The molecule has 1 fully saturated rings. The van der Waals surface area contributed by atoms with Crippen LogP contribution in [0.3, 0.4) is 0 Å². The van der Waals surface area contributed by atoms with Crippen molar-refractivity contribution in [3.8, 4) is 0 Å². The van der Waals surface area contributed by atoms with E-state index >= 15 is 0 Å². The number of aromatic nitrogens is 2. The third-order valence-corrected chi connectivity index (χ3v) is 4.29. The molecule has 1 saturated heterocycles. The number of hydrogen-bond acceptors (Lipinski definition) is 4. The average molecular weight is 290 g/mol. The third kappa shape index (κ3) is 3.59. The zero-order valence-corrected chi connectivity index (χ0v) is 13.5. The quantitative estimate of drug-likeness (QED) is 0.925. The zero-order chi connectivity index (χ0) is 15.6. The summed E-state index contributed by atoms with van der Waals surface area (Å²) in [7, 11) is 0. The lowest BCUT2D eigenvalue weighted by Gasteiger charge is -2.34. The molecule has 1 aromatic rings. The van der Waals surface area contributed by atoms with Gasteiger partial charge in [-0.2, -0.15) is 0 Å². The van der Waals surface area contributed by atoms with E-state index in [0.717, 1.165) is 31.6 Å². The molecule has 0 saturated carbocycles. The highest BCUT2D eigenvalue weighted by Gasteiger charge is 2.27. The first-order valence-electron chi connectivity index (χ1n) is 7.78. The van der Waals surface area contributed by atoms with Gasteiger partial charge >= 0.3 is 0 Å². The molecule has 1 aromatic heterocycles. The molecule has 0 bridgehead atoms. The van der Waals surface area contributed by atoms with Gasteiger partial charge in [0.1, 0.15) is 5.82 Å². The lowest BCUT2D eigenvalue weighted by Crippen LogP contribution is -2.43. The van der Waals surface area contributed by atoms with Gasteiger partial charge in [0.15, 0.2) is 0 Å². The van der Waals surface area contributed by atoms with Crippen LogP contribution in [-0.2, 0) is 0 Å². The van der Waals surface area contributed by atoms with Crippen molar-refractivity contribution in [2.75, 3.05) is 13.1 Å². The number of nitrogens with two attached hydrogens (primary N) is 1. The molecule has 2 N–H and O–H groups in total. The predicted molar refractivity (Wildman–Crippen MR) is 83.1 cm³/mol. The van der Waals surface area contributed by atoms with Crippen LogP contribution < -0.4 is 5.73 Å². The number of carbonyl (C=O) groups is 1. The summed E-state index contributed by atoms with van der Waals surface area (Å²) in [6.07, 6.45) is 3.64. The fourth-order valence-electron chi connectivity index (χ4n) is 2.89. The Morgan fingerprint density at radius 2 is 1.95 bits per heavy atom. The maximum atomic E-state index is 12.7. The second-order valence-electron chi connectivity index (χ2n) is 6.36. The summed E-state index contributed by atoms with van der Waals surface area (Å²) < 4.78 is 0. The summed E-state index contributed by atoms with van der Waals surface area (Å²) >= 11 is 0. The Morgan fingerprint density at radius 3 is 2.48 bits per heavy atom. The van der Waals surface area contributed by atoms with E-state index in [-0.39, 0.29) is 17.9 Å². The standard InChI is InChI=1S/C16H26N4O/c1-10(2)15-14(9-18-12(4)19-15)16(21)20-7-5-13(6-8-20)11(3)17/h9-11,13H,5-8,17H2,1-4H3. The van der Waals surface area contributed by atoms with Gasteiger partial charge in [-0.05, 0) is 38.5 Å². The maximum absolute atomic E-state index is 12.7. The van der Waals surface area contributed by atoms with Gasteiger partial charge in [-0.25, -0.2) is 9.97 Å². The van der Waals surface area contributed by atoms with Crippen LogP contribution in [-0.4, -0.2) is 39.9 Å². The lowest BCUT2D eigenvalue weighted by atomic mass is 9.90. The molecule has 2 rings (SSSR count). The topological polar surface area (TPSA) is 72.1 Å². The molecular formula is C16H26N4O. The number of likely N-dealkylation sites (tertiary alicyclic amines) is 1. The number of aryl methyl sites for hydroxylation is 1. The number of hydrogen-bond donors (Lipinski definition) is 1. The predicted octanol–water partition coefficient (Wildman–Crippen LogP) is 2.11. The van der Waals surface area contributed by atoms with Crippen molar-refractivity contribution in [2.45, 2.75) is 52.5 Å². The molecule has 5 nitrogen and oxygen atoms in total. The largest absolute Gasteiger partial charge is 0.339 e. The molecule has 0 radical (unpaired) electrons. The SMILES string of the molecule is Cc1ncc(C(=O)N2CCC(C(C)N)CC2)c(C(C)C)n1. The van der Waals surface area contributed by atoms with Crippen LogP contribution >= 0.6 is 0 Å². The minimum Gasteiger partial charge on any atom is -0.339 e. The third-order valence-electron chi connectivity index (χ3n) is 4.29. The van der Waals surface area contributed by atoms with Crippen LogP contribution in [0.5, 0.6) is 0 Å². The van der Waals surface area contributed by atoms with E-state index in [4.69, 9.17) is 5.73 Å². The van der Waals surface area contributed by atoms with Crippen molar-refractivity contribution in [3.05, 3.63) is 23.3 Å². The normalized spacial score (nSPS) is 18.1. The number of nitrogens with zero attached hydrogens (tertiary/aromatic N) is 3. The minimum atomic E-state index is 0.0572. The number of amides is 1. The van der Waals surface area contributed by atoms with Gasteiger partial charge in [0, 0.05) is 25.3 Å². The summed E-state index contributed by atoms with van der Waals surface area (Å²) in [6, 6.07) is 0.205. The second-order valence-corrected chi connectivity index (χ2v) is 6.36. The fourth-order valence-corrected chi connectivity index (χ4v) is 2.89. The average Bonchev–Trinajstić information content (AvgIpc) is 2.46. The van der Waals surface area contributed by atoms with Gasteiger partial charge in [0.25, 0.3) is 5.91 Å². The first-order valence-corrected chi connectivity index (χ1v) is 7.78. The summed E-state index contributed by atoms with van der Waals surface area (Å²) in [6.45, 7) is 9.57. The molecule has 1 atom stereocenters. The van der Waals surface area contributed by atoms with Crippen molar-refractivity contribution >= 4 is 5.91 Å². The van der Waals surface area contributed by atoms with Crippen molar-refractivity contribution < 1.29 is 4.79 Å². The van der Waals surface area contributed by atoms with Crippen molar-refractivity contribution in [3.63, 3.8) is 0 Å². The molecule has 0 aliphatic carbocycles. The van der Waals surface area contributed by atoms with E-state index in [9.17, 15) is 4.79 Å². The van der Waals surface area contributed by atoms with Gasteiger partial charge < -0.3 is 10.6 Å². The van der Waals surface area contributed by atoms with Crippen LogP contribution in [0, 0.1) is 12.8 Å². The van der Waals surface area contributed by atoms with E-state index in [1.807, 2.05) is 18.7 Å². The van der Waals surface area contributed by atoms with Gasteiger partial charge in [-0.15, -0.1) is 0 Å². The molecule has 0 spiro atoms. The fraction of sp³-hybridized carbons (Fsp3) is 0.688. The van der Waals surface area contributed by atoms with E-state index in [1.165, 1.54) is 0 Å². The number of piperidine rings is 1. The van der Waals surface area contributed by atoms with Crippen LogP contribution in [0.15, 0.2) is 6.20 Å². The molecule has 0 aromatic carbocycles. The summed E-state index contributed by atoms with van der Waals surface area (Å²) in [5.41, 5.74) is 7.45.